The van der Waals surface area contributed by atoms with Crippen LogP contribution in [-0.2, 0) is 9.59 Å². The van der Waals surface area contributed by atoms with E-state index < -0.39 is 29.4 Å². The number of hydrogen-bond acceptors (Lipinski definition) is 6. The molecule has 1 N–H and O–H groups in total. The molecule has 0 fully saturated rings. The van der Waals surface area contributed by atoms with E-state index in [0.717, 1.165) is 13.1 Å². The second kappa shape index (κ2) is 10.8. The molecular formula is C20H18ClF4N3O4. The van der Waals surface area contributed by atoms with Gasteiger partial charge in [-0.25, -0.2) is 4.39 Å². The van der Waals surface area contributed by atoms with Gasteiger partial charge in [-0.15, -0.1) is 0 Å². The van der Waals surface area contributed by atoms with E-state index in [2.05, 4.69) is 4.98 Å². The van der Waals surface area contributed by atoms with Gasteiger partial charge in [0.15, 0.2) is 23.1 Å². The molecule has 0 saturated heterocycles. The number of carbonyl (C=O) groups is 2. The number of aromatic nitrogens is 1. The van der Waals surface area contributed by atoms with Gasteiger partial charge in [-0.05, 0) is 18.6 Å². The minimum atomic E-state index is -5.08. The molecule has 1 heterocycles. The molecule has 0 spiro atoms. The number of carbonyl (C=O) groups excluding carboxylic acids is 2. The number of nitrogens with one attached hydrogen (secondary N) is 1. The first-order chi connectivity index (χ1) is 15.1. The standard InChI is InChI=1S/C20H18ClF4N3O4/c1-3-8-31-14-6-4-5-7-15(14)32-19-12(21)9-13(22)18(27-19)28(2)16(20(23,24)25)10-17(30)26-11-29/h4-7,9-11H,3,8H2,1-2H3,(H,26,29,30)/b16-10-. The van der Waals surface area contributed by atoms with E-state index in [1.807, 2.05) is 6.92 Å². The van der Waals surface area contributed by atoms with Gasteiger partial charge in [-0.1, -0.05) is 30.7 Å². The van der Waals surface area contributed by atoms with E-state index in [1.54, 1.807) is 23.5 Å². The number of benzene rings is 1. The predicted molar refractivity (Wildman–Crippen MR) is 108 cm³/mol. The monoisotopic (exact) mass is 475 g/mol. The molecule has 0 atom stereocenters. The lowest BCUT2D eigenvalue weighted by Gasteiger charge is -2.24. The maximum atomic E-state index is 14.5. The average molecular weight is 476 g/mol. The summed E-state index contributed by atoms with van der Waals surface area (Å²) < 4.78 is 66.1. The van der Waals surface area contributed by atoms with Crippen LogP contribution in [0.5, 0.6) is 17.4 Å². The summed E-state index contributed by atoms with van der Waals surface area (Å²) in [6, 6.07) is 7.15. The maximum Gasteiger partial charge on any atom is 0.431 e. The molecule has 1 aromatic heterocycles. The smallest absolute Gasteiger partial charge is 0.431 e. The molecule has 2 rings (SSSR count). The fourth-order valence-corrected chi connectivity index (χ4v) is 2.60. The lowest BCUT2D eigenvalue weighted by Crippen LogP contribution is -2.32. The van der Waals surface area contributed by atoms with E-state index in [9.17, 15) is 27.2 Å². The van der Waals surface area contributed by atoms with Gasteiger partial charge in [-0.3, -0.25) is 14.9 Å². The molecular weight excluding hydrogens is 458 g/mol. The fourth-order valence-electron chi connectivity index (χ4n) is 2.42. The molecule has 12 heteroatoms. The van der Waals surface area contributed by atoms with Crippen molar-refractivity contribution in [2.45, 2.75) is 19.5 Å². The lowest BCUT2D eigenvalue weighted by atomic mass is 10.3. The summed E-state index contributed by atoms with van der Waals surface area (Å²) in [5, 5.41) is 1.24. The van der Waals surface area contributed by atoms with Crippen LogP contribution in [0.4, 0.5) is 23.4 Å². The number of amides is 2. The largest absolute Gasteiger partial charge is 0.490 e. The summed E-state index contributed by atoms with van der Waals surface area (Å²) in [4.78, 5) is 25.9. The zero-order valence-corrected chi connectivity index (χ0v) is 17.6. The lowest BCUT2D eigenvalue weighted by molar-refractivity contribution is -0.122. The van der Waals surface area contributed by atoms with Crippen LogP contribution in [0, 0.1) is 5.82 Å². The van der Waals surface area contributed by atoms with Gasteiger partial charge in [0.05, 0.1) is 6.61 Å². The fraction of sp³-hybridized carbons (Fsp3) is 0.250. The molecule has 7 nitrogen and oxygen atoms in total. The minimum Gasteiger partial charge on any atom is -0.490 e. The molecule has 172 valence electrons. The number of rotatable bonds is 9. The SMILES string of the molecule is CCCOc1ccccc1Oc1nc(N(C)/C(=C\C(=O)NC=O)C(F)(F)F)c(F)cc1Cl. The van der Waals surface area contributed by atoms with E-state index >= 15 is 0 Å². The number of hydrogen-bond donors (Lipinski definition) is 1. The summed E-state index contributed by atoms with van der Waals surface area (Å²) in [7, 11) is 0.842. The van der Waals surface area contributed by atoms with Crippen LogP contribution in [0.15, 0.2) is 42.1 Å². The first kappa shape index (κ1) is 24.9. The number of alkyl halides is 3. The van der Waals surface area contributed by atoms with Crippen LogP contribution in [0.2, 0.25) is 5.02 Å². The number of nitrogens with zero attached hydrogens (tertiary/aromatic N) is 2. The topological polar surface area (TPSA) is 80.8 Å². The Morgan fingerprint density at radius 1 is 1.28 bits per heavy atom. The molecule has 32 heavy (non-hydrogen) atoms. The number of ether oxygens (including phenoxy) is 2. The van der Waals surface area contributed by atoms with Crippen molar-refractivity contribution >= 4 is 29.7 Å². The van der Waals surface area contributed by atoms with Gasteiger partial charge in [0, 0.05) is 19.2 Å². The Labute approximate surface area is 185 Å². The molecule has 0 radical (unpaired) electrons. The van der Waals surface area contributed by atoms with Crippen LogP contribution in [-0.4, -0.2) is 37.1 Å². The maximum absolute atomic E-state index is 14.5. The van der Waals surface area contributed by atoms with Crippen molar-refractivity contribution in [2.24, 2.45) is 0 Å². The van der Waals surface area contributed by atoms with E-state index in [4.69, 9.17) is 21.1 Å². The van der Waals surface area contributed by atoms with Crippen molar-refractivity contribution in [3.8, 4) is 17.4 Å². The highest BCUT2D eigenvalue weighted by atomic mass is 35.5. The van der Waals surface area contributed by atoms with Crippen molar-refractivity contribution in [1.29, 1.82) is 0 Å². The van der Waals surface area contributed by atoms with Crippen LogP contribution in [0.1, 0.15) is 13.3 Å². The van der Waals surface area contributed by atoms with Gasteiger partial charge in [0.1, 0.15) is 10.7 Å². The normalized spacial score (nSPS) is 11.7. The zero-order valence-electron chi connectivity index (χ0n) is 16.9. The highest BCUT2D eigenvalue weighted by Crippen LogP contribution is 2.38. The quantitative estimate of drug-likeness (QED) is 0.324. The van der Waals surface area contributed by atoms with Crippen molar-refractivity contribution < 1.29 is 36.6 Å². The summed E-state index contributed by atoms with van der Waals surface area (Å²) in [5.41, 5.74) is -1.58. The van der Waals surface area contributed by atoms with E-state index in [0.29, 0.717) is 23.7 Å². The average Bonchev–Trinajstić information content (AvgIpc) is 2.72. The number of allylic oxidation sites excluding steroid dienone is 1. The van der Waals surface area contributed by atoms with Crippen molar-refractivity contribution in [3.63, 3.8) is 0 Å². The second-order valence-electron chi connectivity index (χ2n) is 6.19. The Balaban J connectivity index is 2.48. The molecule has 0 aliphatic carbocycles. The third-order valence-corrected chi connectivity index (χ3v) is 4.11. The van der Waals surface area contributed by atoms with Crippen molar-refractivity contribution in [3.05, 3.63) is 52.9 Å². The highest BCUT2D eigenvalue weighted by Gasteiger charge is 2.39. The second-order valence-corrected chi connectivity index (χ2v) is 6.60. The number of anilines is 1. The number of imide groups is 1. The minimum absolute atomic E-state index is 0.0854. The van der Waals surface area contributed by atoms with Gasteiger partial charge < -0.3 is 14.4 Å². The first-order valence-electron chi connectivity index (χ1n) is 9.11. The molecule has 0 saturated carbocycles. The van der Waals surface area contributed by atoms with Crippen LogP contribution >= 0.6 is 11.6 Å². The zero-order chi connectivity index (χ0) is 23.9. The molecule has 0 unspecified atom stereocenters. The summed E-state index contributed by atoms with van der Waals surface area (Å²) >= 11 is 5.98. The van der Waals surface area contributed by atoms with Crippen LogP contribution in [0.3, 0.4) is 0 Å². The molecule has 0 aliphatic heterocycles. The Morgan fingerprint density at radius 3 is 2.53 bits per heavy atom. The van der Waals surface area contributed by atoms with Crippen molar-refractivity contribution in [1.82, 2.24) is 10.3 Å². The summed E-state index contributed by atoms with van der Waals surface area (Å²) in [6.45, 7) is 2.27. The number of pyridine rings is 1. The number of halogens is 5. The predicted octanol–water partition coefficient (Wildman–Crippen LogP) is 4.61. The molecule has 2 amide bonds. The number of para-hydroxylation sites is 2. The van der Waals surface area contributed by atoms with Gasteiger partial charge in [-0.2, -0.15) is 18.2 Å². The molecule has 0 aliphatic rings. The summed E-state index contributed by atoms with van der Waals surface area (Å²) in [5.74, 6) is -3.28. The highest BCUT2D eigenvalue weighted by molar-refractivity contribution is 6.31. The van der Waals surface area contributed by atoms with Crippen LogP contribution in [0.25, 0.3) is 0 Å². The van der Waals surface area contributed by atoms with Crippen molar-refractivity contribution in [2.75, 3.05) is 18.6 Å². The van der Waals surface area contributed by atoms with E-state index in [1.165, 1.54) is 6.07 Å². The molecule has 0 bridgehead atoms. The van der Waals surface area contributed by atoms with Gasteiger partial charge in [0.2, 0.25) is 12.3 Å². The first-order valence-corrected chi connectivity index (χ1v) is 9.48. The van der Waals surface area contributed by atoms with Gasteiger partial charge >= 0.3 is 6.18 Å². The van der Waals surface area contributed by atoms with Crippen LogP contribution < -0.4 is 19.7 Å². The third-order valence-electron chi connectivity index (χ3n) is 3.83. The van der Waals surface area contributed by atoms with E-state index in [-0.39, 0.29) is 29.1 Å². The Morgan fingerprint density at radius 2 is 1.94 bits per heavy atom. The summed E-state index contributed by atoms with van der Waals surface area (Å²) in [6.07, 6.45) is -4.36. The third kappa shape index (κ3) is 6.33. The molecule has 1 aromatic carbocycles. The Bertz CT molecular complexity index is 1010. The Hall–Kier alpha value is -3.34. The molecule has 2 aromatic rings. The van der Waals surface area contributed by atoms with Gasteiger partial charge in [0.25, 0.3) is 5.91 Å². The Kier molecular flexibility index (Phi) is 8.41.